The summed E-state index contributed by atoms with van der Waals surface area (Å²) in [5.74, 6) is 1.50. The standard InChI is InChI=1S/C10H16N2/c1-8(2)10-6-12(7-11-10)5-9-3-4-9/h6-9H,3-5H2,1-2H3. The summed E-state index contributed by atoms with van der Waals surface area (Å²) in [5.41, 5.74) is 1.22. The van der Waals surface area contributed by atoms with Gasteiger partial charge in [-0.25, -0.2) is 4.98 Å². The second kappa shape index (κ2) is 2.92. The van der Waals surface area contributed by atoms with E-state index in [0.29, 0.717) is 5.92 Å². The van der Waals surface area contributed by atoms with Crippen molar-refractivity contribution in [3.05, 3.63) is 18.2 Å². The van der Waals surface area contributed by atoms with Crippen molar-refractivity contribution in [2.45, 2.75) is 39.2 Å². The van der Waals surface area contributed by atoms with Gasteiger partial charge < -0.3 is 4.57 Å². The van der Waals surface area contributed by atoms with Crippen LogP contribution in [-0.2, 0) is 6.54 Å². The predicted octanol–water partition coefficient (Wildman–Crippen LogP) is 2.42. The number of imidazole rings is 1. The Morgan fingerprint density at radius 1 is 1.58 bits per heavy atom. The van der Waals surface area contributed by atoms with Crippen LogP contribution in [0.15, 0.2) is 12.5 Å². The maximum Gasteiger partial charge on any atom is 0.0949 e. The summed E-state index contributed by atoms with van der Waals surface area (Å²) in [6, 6.07) is 0. The van der Waals surface area contributed by atoms with E-state index in [1.165, 1.54) is 25.1 Å². The van der Waals surface area contributed by atoms with Crippen LogP contribution in [0, 0.1) is 5.92 Å². The molecule has 2 rings (SSSR count). The van der Waals surface area contributed by atoms with Crippen LogP contribution in [0.5, 0.6) is 0 Å². The van der Waals surface area contributed by atoms with Crippen molar-refractivity contribution in [3.8, 4) is 0 Å². The molecule has 0 atom stereocenters. The molecular formula is C10H16N2. The van der Waals surface area contributed by atoms with Crippen LogP contribution in [-0.4, -0.2) is 9.55 Å². The smallest absolute Gasteiger partial charge is 0.0949 e. The zero-order valence-electron chi connectivity index (χ0n) is 7.83. The van der Waals surface area contributed by atoms with E-state index >= 15 is 0 Å². The second-order valence-corrected chi connectivity index (χ2v) is 4.09. The molecule has 12 heavy (non-hydrogen) atoms. The number of aromatic nitrogens is 2. The highest BCUT2D eigenvalue weighted by Crippen LogP contribution is 2.30. The molecule has 1 aromatic heterocycles. The molecule has 0 N–H and O–H groups in total. The van der Waals surface area contributed by atoms with Gasteiger partial charge in [-0.2, -0.15) is 0 Å². The number of hydrogen-bond acceptors (Lipinski definition) is 1. The summed E-state index contributed by atoms with van der Waals surface area (Å²) in [5, 5.41) is 0. The van der Waals surface area contributed by atoms with Gasteiger partial charge in [-0.3, -0.25) is 0 Å². The molecule has 1 aliphatic rings. The minimum atomic E-state index is 0.561. The highest BCUT2D eigenvalue weighted by molar-refractivity contribution is 5.02. The molecule has 0 radical (unpaired) electrons. The lowest BCUT2D eigenvalue weighted by molar-refractivity contribution is 0.625. The van der Waals surface area contributed by atoms with Crippen LogP contribution in [0.25, 0.3) is 0 Å². The summed E-state index contributed by atoms with van der Waals surface area (Å²) < 4.78 is 2.23. The molecule has 1 heterocycles. The number of hydrogen-bond donors (Lipinski definition) is 0. The summed E-state index contributed by atoms with van der Waals surface area (Å²) >= 11 is 0. The van der Waals surface area contributed by atoms with E-state index in [4.69, 9.17) is 0 Å². The average molecular weight is 164 g/mol. The Balaban J connectivity index is 2.02. The third-order valence-corrected chi connectivity index (χ3v) is 2.41. The molecule has 1 aromatic rings. The summed E-state index contributed by atoms with van der Waals surface area (Å²) in [6.45, 7) is 5.55. The van der Waals surface area contributed by atoms with Gasteiger partial charge in [0, 0.05) is 12.7 Å². The Morgan fingerprint density at radius 3 is 2.83 bits per heavy atom. The van der Waals surface area contributed by atoms with E-state index < -0.39 is 0 Å². The Hall–Kier alpha value is -0.790. The van der Waals surface area contributed by atoms with Crippen molar-refractivity contribution in [2.75, 3.05) is 0 Å². The van der Waals surface area contributed by atoms with Gasteiger partial charge in [0.15, 0.2) is 0 Å². The molecule has 66 valence electrons. The van der Waals surface area contributed by atoms with Gasteiger partial charge in [-0.1, -0.05) is 13.8 Å². The van der Waals surface area contributed by atoms with E-state index in [2.05, 4.69) is 29.6 Å². The SMILES string of the molecule is CC(C)c1cn(CC2CC2)cn1. The van der Waals surface area contributed by atoms with E-state index in [0.717, 1.165) is 5.92 Å². The molecular weight excluding hydrogens is 148 g/mol. The van der Waals surface area contributed by atoms with Crippen LogP contribution >= 0.6 is 0 Å². The highest BCUT2D eigenvalue weighted by atomic mass is 15.0. The van der Waals surface area contributed by atoms with E-state index in [1.807, 2.05) is 6.33 Å². The second-order valence-electron chi connectivity index (χ2n) is 4.09. The van der Waals surface area contributed by atoms with Gasteiger partial charge in [0.25, 0.3) is 0 Å². The largest absolute Gasteiger partial charge is 0.337 e. The maximum absolute atomic E-state index is 4.36. The Morgan fingerprint density at radius 2 is 2.33 bits per heavy atom. The monoisotopic (exact) mass is 164 g/mol. The minimum Gasteiger partial charge on any atom is -0.337 e. The summed E-state index contributed by atoms with van der Waals surface area (Å²) in [4.78, 5) is 4.36. The van der Waals surface area contributed by atoms with Crippen LogP contribution in [0.3, 0.4) is 0 Å². The molecule has 0 spiro atoms. The summed E-state index contributed by atoms with van der Waals surface area (Å²) in [7, 11) is 0. The topological polar surface area (TPSA) is 17.8 Å². The predicted molar refractivity (Wildman–Crippen MR) is 49.0 cm³/mol. The minimum absolute atomic E-state index is 0.561. The fourth-order valence-electron chi connectivity index (χ4n) is 1.37. The molecule has 0 aliphatic heterocycles. The van der Waals surface area contributed by atoms with E-state index in [9.17, 15) is 0 Å². The Labute approximate surface area is 73.6 Å². The first-order valence-corrected chi connectivity index (χ1v) is 4.77. The molecule has 0 saturated heterocycles. The molecule has 2 nitrogen and oxygen atoms in total. The lowest BCUT2D eigenvalue weighted by Gasteiger charge is -1.99. The van der Waals surface area contributed by atoms with Gasteiger partial charge in [0.05, 0.1) is 12.0 Å². The Bertz CT molecular complexity index is 259. The fraction of sp³-hybridized carbons (Fsp3) is 0.700. The first-order chi connectivity index (χ1) is 5.75. The quantitative estimate of drug-likeness (QED) is 0.670. The molecule has 0 bridgehead atoms. The van der Waals surface area contributed by atoms with Crippen molar-refractivity contribution < 1.29 is 0 Å². The Kier molecular flexibility index (Phi) is 1.91. The lowest BCUT2D eigenvalue weighted by atomic mass is 10.2. The zero-order valence-corrected chi connectivity index (χ0v) is 7.83. The van der Waals surface area contributed by atoms with Crippen LogP contribution in [0.1, 0.15) is 38.3 Å². The van der Waals surface area contributed by atoms with Gasteiger partial charge in [0.2, 0.25) is 0 Å². The first kappa shape index (κ1) is 7.84. The van der Waals surface area contributed by atoms with Crippen LogP contribution in [0.4, 0.5) is 0 Å². The summed E-state index contributed by atoms with van der Waals surface area (Å²) in [6.07, 6.45) is 6.97. The van der Waals surface area contributed by atoms with Gasteiger partial charge in [-0.15, -0.1) is 0 Å². The molecule has 1 fully saturated rings. The molecule has 0 aromatic carbocycles. The third-order valence-electron chi connectivity index (χ3n) is 2.41. The van der Waals surface area contributed by atoms with Crippen molar-refractivity contribution in [1.82, 2.24) is 9.55 Å². The average Bonchev–Trinajstić information content (AvgIpc) is 2.66. The van der Waals surface area contributed by atoms with E-state index in [1.54, 1.807) is 0 Å². The molecule has 2 heteroatoms. The molecule has 1 aliphatic carbocycles. The van der Waals surface area contributed by atoms with E-state index in [-0.39, 0.29) is 0 Å². The molecule has 0 unspecified atom stereocenters. The van der Waals surface area contributed by atoms with Gasteiger partial charge in [0.1, 0.15) is 0 Å². The lowest BCUT2D eigenvalue weighted by Crippen LogP contribution is -1.95. The number of rotatable bonds is 3. The molecule has 0 amide bonds. The first-order valence-electron chi connectivity index (χ1n) is 4.77. The van der Waals surface area contributed by atoms with Crippen LogP contribution < -0.4 is 0 Å². The van der Waals surface area contributed by atoms with Gasteiger partial charge in [-0.05, 0) is 24.7 Å². The molecule has 1 saturated carbocycles. The zero-order chi connectivity index (χ0) is 8.55. The fourth-order valence-corrected chi connectivity index (χ4v) is 1.37. The van der Waals surface area contributed by atoms with Crippen molar-refractivity contribution in [3.63, 3.8) is 0 Å². The third kappa shape index (κ3) is 1.68. The normalized spacial score (nSPS) is 17.2. The van der Waals surface area contributed by atoms with Crippen LogP contribution in [0.2, 0.25) is 0 Å². The van der Waals surface area contributed by atoms with Crippen molar-refractivity contribution in [2.24, 2.45) is 5.92 Å². The van der Waals surface area contributed by atoms with Crippen molar-refractivity contribution in [1.29, 1.82) is 0 Å². The maximum atomic E-state index is 4.36. The van der Waals surface area contributed by atoms with Crippen molar-refractivity contribution >= 4 is 0 Å². The van der Waals surface area contributed by atoms with Gasteiger partial charge >= 0.3 is 0 Å². The highest BCUT2D eigenvalue weighted by Gasteiger charge is 2.21. The number of nitrogens with zero attached hydrogens (tertiary/aromatic N) is 2.